The molecule has 2 aromatic rings. The van der Waals surface area contributed by atoms with E-state index in [1.165, 1.54) is 6.07 Å². The van der Waals surface area contributed by atoms with Crippen molar-refractivity contribution >= 4 is 5.69 Å². The van der Waals surface area contributed by atoms with Crippen LogP contribution in [-0.2, 0) is 13.0 Å². The summed E-state index contributed by atoms with van der Waals surface area (Å²) in [6.07, 6.45) is 1.78. The molecule has 0 fully saturated rings. The number of hydrogen-bond donors (Lipinski definition) is 2. The smallest absolute Gasteiger partial charge is 0.142 e. The molecule has 1 atom stereocenters. The van der Waals surface area contributed by atoms with Gasteiger partial charge in [-0.1, -0.05) is 31.2 Å². The SMILES string of the molecule is CCCOc1ccc(CC(C)NCc2ccccc2F)cc1N. The fraction of sp³-hybridized carbons (Fsp3) is 0.368. The molecule has 0 spiro atoms. The van der Waals surface area contributed by atoms with E-state index in [0.717, 1.165) is 24.2 Å². The van der Waals surface area contributed by atoms with Crippen molar-refractivity contribution < 1.29 is 9.13 Å². The highest BCUT2D eigenvalue weighted by Crippen LogP contribution is 2.23. The van der Waals surface area contributed by atoms with Crippen molar-refractivity contribution in [2.45, 2.75) is 39.3 Å². The van der Waals surface area contributed by atoms with E-state index in [1.807, 2.05) is 24.3 Å². The van der Waals surface area contributed by atoms with Crippen LogP contribution in [0.25, 0.3) is 0 Å². The maximum Gasteiger partial charge on any atom is 0.142 e. The number of benzene rings is 2. The Kier molecular flexibility index (Phi) is 6.41. The molecule has 0 aromatic heterocycles. The van der Waals surface area contributed by atoms with Crippen molar-refractivity contribution in [2.75, 3.05) is 12.3 Å². The molecule has 1 unspecified atom stereocenters. The Labute approximate surface area is 137 Å². The van der Waals surface area contributed by atoms with Gasteiger partial charge >= 0.3 is 0 Å². The van der Waals surface area contributed by atoms with Crippen molar-refractivity contribution in [3.8, 4) is 5.75 Å². The van der Waals surface area contributed by atoms with E-state index in [0.29, 0.717) is 24.4 Å². The molecule has 0 amide bonds. The van der Waals surface area contributed by atoms with Crippen molar-refractivity contribution in [1.29, 1.82) is 0 Å². The van der Waals surface area contributed by atoms with Crippen LogP contribution in [0.2, 0.25) is 0 Å². The summed E-state index contributed by atoms with van der Waals surface area (Å²) in [6, 6.07) is 13.0. The molecule has 0 bridgehead atoms. The minimum Gasteiger partial charge on any atom is -0.491 e. The molecule has 0 saturated carbocycles. The second kappa shape index (κ2) is 8.53. The highest BCUT2D eigenvalue weighted by atomic mass is 19.1. The van der Waals surface area contributed by atoms with E-state index in [2.05, 4.69) is 19.2 Å². The second-order valence-electron chi connectivity index (χ2n) is 5.80. The predicted molar refractivity (Wildman–Crippen MR) is 93.0 cm³/mol. The van der Waals surface area contributed by atoms with E-state index in [-0.39, 0.29) is 11.9 Å². The van der Waals surface area contributed by atoms with Crippen LogP contribution >= 0.6 is 0 Å². The Balaban J connectivity index is 1.88. The van der Waals surface area contributed by atoms with Gasteiger partial charge in [-0.2, -0.15) is 0 Å². The third-order valence-electron chi connectivity index (χ3n) is 3.68. The lowest BCUT2D eigenvalue weighted by Crippen LogP contribution is -2.28. The van der Waals surface area contributed by atoms with Gasteiger partial charge in [0.05, 0.1) is 12.3 Å². The Hall–Kier alpha value is -2.07. The van der Waals surface area contributed by atoms with Crippen LogP contribution in [0.5, 0.6) is 5.75 Å². The number of nitrogens with one attached hydrogen (secondary N) is 1. The lowest BCUT2D eigenvalue weighted by atomic mass is 10.1. The molecule has 3 nitrogen and oxygen atoms in total. The van der Waals surface area contributed by atoms with E-state index in [1.54, 1.807) is 12.1 Å². The standard InChI is InChI=1S/C19H25FN2O/c1-3-10-23-19-9-8-15(12-18(19)21)11-14(2)22-13-16-6-4-5-7-17(16)20/h4-9,12,14,22H,3,10-11,13,21H2,1-2H3. The molecule has 2 rings (SSSR count). The van der Waals surface area contributed by atoms with E-state index in [4.69, 9.17) is 10.5 Å². The number of hydrogen-bond acceptors (Lipinski definition) is 3. The first kappa shape index (κ1) is 17.3. The number of anilines is 1. The van der Waals surface area contributed by atoms with Gasteiger partial charge in [0.15, 0.2) is 0 Å². The van der Waals surface area contributed by atoms with Gasteiger partial charge in [-0.25, -0.2) is 4.39 Å². The van der Waals surface area contributed by atoms with Gasteiger partial charge in [-0.3, -0.25) is 0 Å². The molecular formula is C19H25FN2O. The van der Waals surface area contributed by atoms with Gasteiger partial charge in [0, 0.05) is 18.2 Å². The molecule has 0 heterocycles. The predicted octanol–water partition coefficient (Wildman–Crippen LogP) is 3.92. The number of nitrogen functional groups attached to an aromatic ring is 1. The Morgan fingerprint density at radius 2 is 2.00 bits per heavy atom. The summed E-state index contributed by atoms with van der Waals surface area (Å²) in [5.41, 5.74) is 8.51. The van der Waals surface area contributed by atoms with E-state index < -0.39 is 0 Å². The van der Waals surface area contributed by atoms with Crippen LogP contribution in [0.4, 0.5) is 10.1 Å². The van der Waals surface area contributed by atoms with Crippen LogP contribution in [-0.4, -0.2) is 12.6 Å². The van der Waals surface area contributed by atoms with Gasteiger partial charge in [0.25, 0.3) is 0 Å². The van der Waals surface area contributed by atoms with Crippen molar-refractivity contribution in [3.63, 3.8) is 0 Å². The molecular weight excluding hydrogens is 291 g/mol. The fourth-order valence-electron chi connectivity index (χ4n) is 2.42. The van der Waals surface area contributed by atoms with Crippen molar-refractivity contribution in [2.24, 2.45) is 0 Å². The zero-order valence-corrected chi connectivity index (χ0v) is 13.8. The summed E-state index contributed by atoms with van der Waals surface area (Å²) >= 11 is 0. The number of ether oxygens (including phenoxy) is 1. The summed E-state index contributed by atoms with van der Waals surface area (Å²) in [6.45, 7) is 5.33. The van der Waals surface area contributed by atoms with Crippen LogP contribution < -0.4 is 15.8 Å². The average molecular weight is 316 g/mol. The van der Waals surface area contributed by atoms with Gasteiger partial charge < -0.3 is 15.8 Å². The maximum atomic E-state index is 13.6. The minimum atomic E-state index is -0.172. The minimum absolute atomic E-state index is 0.172. The highest BCUT2D eigenvalue weighted by molar-refractivity contribution is 5.54. The fourth-order valence-corrected chi connectivity index (χ4v) is 2.42. The third kappa shape index (κ3) is 5.25. The lowest BCUT2D eigenvalue weighted by Gasteiger charge is -2.15. The van der Waals surface area contributed by atoms with Crippen molar-refractivity contribution in [3.05, 3.63) is 59.4 Å². The molecule has 124 valence electrons. The summed E-state index contributed by atoms with van der Waals surface area (Å²) in [5, 5.41) is 3.34. The second-order valence-corrected chi connectivity index (χ2v) is 5.80. The van der Waals surface area contributed by atoms with Gasteiger partial charge in [-0.05, 0) is 43.5 Å². The summed E-state index contributed by atoms with van der Waals surface area (Å²) < 4.78 is 19.2. The maximum absolute atomic E-state index is 13.6. The summed E-state index contributed by atoms with van der Waals surface area (Å²) in [7, 11) is 0. The van der Waals surface area contributed by atoms with Gasteiger partial charge in [0.2, 0.25) is 0 Å². The highest BCUT2D eigenvalue weighted by Gasteiger charge is 2.08. The Morgan fingerprint density at radius 3 is 2.70 bits per heavy atom. The lowest BCUT2D eigenvalue weighted by molar-refractivity contribution is 0.319. The molecule has 0 aliphatic rings. The number of nitrogens with two attached hydrogens (primary N) is 1. The molecule has 2 aromatic carbocycles. The topological polar surface area (TPSA) is 47.3 Å². The van der Waals surface area contributed by atoms with Crippen LogP contribution in [0.15, 0.2) is 42.5 Å². The van der Waals surface area contributed by atoms with Crippen LogP contribution in [0.1, 0.15) is 31.4 Å². The monoisotopic (exact) mass is 316 g/mol. The Bertz CT molecular complexity index is 631. The Morgan fingerprint density at radius 1 is 1.22 bits per heavy atom. The molecule has 0 saturated heterocycles. The zero-order valence-electron chi connectivity index (χ0n) is 13.8. The molecule has 4 heteroatoms. The van der Waals surface area contributed by atoms with Gasteiger partial charge in [-0.15, -0.1) is 0 Å². The van der Waals surface area contributed by atoms with Crippen LogP contribution in [0, 0.1) is 5.82 Å². The summed E-state index contributed by atoms with van der Waals surface area (Å²) in [4.78, 5) is 0. The molecule has 0 aliphatic carbocycles. The van der Waals surface area contributed by atoms with E-state index in [9.17, 15) is 4.39 Å². The molecule has 0 aliphatic heterocycles. The zero-order chi connectivity index (χ0) is 16.7. The quantitative estimate of drug-likeness (QED) is 0.726. The van der Waals surface area contributed by atoms with E-state index >= 15 is 0 Å². The van der Waals surface area contributed by atoms with Gasteiger partial charge in [0.1, 0.15) is 11.6 Å². The largest absolute Gasteiger partial charge is 0.491 e. The first-order valence-corrected chi connectivity index (χ1v) is 8.08. The first-order valence-electron chi connectivity index (χ1n) is 8.08. The third-order valence-corrected chi connectivity index (χ3v) is 3.68. The average Bonchev–Trinajstić information content (AvgIpc) is 2.53. The molecule has 0 radical (unpaired) electrons. The summed E-state index contributed by atoms with van der Waals surface area (Å²) in [5.74, 6) is 0.566. The molecule has 3 N–H and O–H groups in total. The number of halogens is 1. The first-order chi connectivity index (χ1) is 11.1. The number of rotatable bonds is 8. The van der Waals surface area contributed by atoms with Crippen molar-refractivity contribution in [1.82, 2.24) is 5.32 Å². The normalized spacial score (nSPS) is 12.1. The molecule has 23 heavy (non-hydrogen) atoms. The van der Waals surface area contributed by atoms with Crippen LogP contribution in [0.3, 0.4) is 0 Å².